The molecule has 120 valence electrons. The van der Waals surface area contributed by atoms with Crippen LogP contribution in [0.4, 0.5) is 8.78 Å². The molecule has 21 heavy (non-hydrogen) atoms. The van der Waals surface area contributed by atoms with Gasteiger partial charge >= 0.3 is 6.61 Å². The second-order valence-corrected chi connectivity index (χ2v) is 4.89. The molecule has 0 aromatic heterocycles. The summed E-state index contributed by atoms with van der Waals surface area (Å²) in [6.07, 6.45) is 0. The fourth-order valence-corrected chi connectivity index (χ4v) is 1.47. The lowest BCUT2D eigenvalue weighted by molar-refractivity contribution is -0.0515. The average molecular weight is 325 g/mol. The Bertz CT molecular complexity index is 479. The van der Waals surface area contributed by atoms with Crippen molar-refractivity contribution in [3.05, 3.63) is 23.8 Å². The van der Waals surface area contributed by atoms with Crippen LogP contribution in [-0.4, -0.2) is 31.7 Å². The Morgan fingerprint density at radius 3 is 2.52 bits per heavy atom. The molecule has 1 aromatic carbocycles. The molecule has 0 atom stereocenters. The SMILES string of the molecule is COc1cccc(C(=O)NCC(C)(C)N)c1OC(F)F.Cl. The highest BCUT2D eigenvalue weighted by Gasteiger charge is 2.21. The maximum Gasteiger partial charge on any atom is 0.387 e. The second-order valence-electron chi connectivity index (χ2n) is 4.89. The third kappa shape index (κ3) is 6.14. The van der Waals surface area contributed by atoms with E-state index in [1.54, 1.807) is 13.8 Å². The molecule has 0 aliphatic rings. The molecule has 0 unspecified atom stereocenters. The molecular weight excluding hydrogens is 306 g/mol. The third-order valence-corrected chi connectivity index (χ3v) is 2.35. The number of nitrogens with two attached hydrogens (primary N) is 1. The minimum Gasteiger partial charge on any atom is -0.493 e. The standard InChI is InChI=1S/C13H18F2N2O3.ClH/c1-13(2,16)7-17-11(18)8-5-4-6-9(19-3)10(8)20-12(14)15;/h4-6,12H,7,16H2,1-3H3,(H,17,18);1H. The number of alkyl halides is 2. The molecule has 0 aliphatic carbocycles. The van der Waals surface area contributed by atoms with Crippen LogP contribution in [0.5, 0.6) is 11.5 Å². The summed E-state index contributed by atoms with van der Waals surface area (Å²) in [4.78, 5) is 12.0. The zero-order chi connectivity index (χ0) is 15.3. The van der Waals surface area contributed by atoms with E-state index in [1.165, 1.54) is 25.3 Å². The van der Waals surface area contributed by atoms with Crippen molar-refractivity contribution in [2.75, 3.05) is 13.7 Å². The summed E-state index contributed by atoms with van der Waals surface area (Å²) >= 11 is 0. The second kappa shape index (κ2) is 7.99. The van der Waals surface area contributed by atoms with Gasteiger partial charge in [-0.25, -0.2) is 0 Å². The number of carbonyl (C=O) groups excluding carboxylic acids is 1. The number of hydrogen-bond acceptors (Lipinski definition) is 4. The Morgan fingerprint density at radius 2 is 2.05 bits per heavy atom. The van der Waals surface area contributed by atoms with Crippen molar-refractivity contribution in [1.82, 2.24) is 5.32 Å². The smallest absolute Gasteiger partial charge is 0.387 e. The first-order chi connectivity index (χ1) is 9.24. The van der Waals surface area contributed by atoms with Crippen LogP contribution < -0.4 is 20.5 Å². The van der Waals surface area contributed by atoms with Gasteiger partial charge in [0.1, 0.15) is 0 Å². The summed E-state index contributed by atoms with van der Waals surface area (Å²) in [5.74, 6) is -0.791. The van der Waals surface area contributed by atoms with Crippen molar-refractivity contribution in [2.45, 2.75) is 26.0 Å². The first kappa shape index (κ1) is 19.4. The molecule has 1 amide bonds. The quantitative estimate of drug-likeness (QED) is 0.841. The molecule has 0 bridgehead atoms. The molecule has 0 saturated carbocycles. The third-order valence-electron chi connectivity index (χ3n) is 2.35. The van der Waals surface area contributed by atoms with Gasteiger partial charge < -0.3 is 20.5 Å². The fraction of sp³-hybridized carbons (Fsp3) is 0.462. The van der Waals surface area contributed by atoms with Crippen molar-refractivity contribution < 1.29 is 23.0 Å². The number of methoxy groups -OCH3 is 1. The van der Waals surface area contributed by atoms with Gasteiger partial charge in [0.2, 0.25) is 0 Å². The maximum atomic E-state index is 12.4. The minimum atomic E-state index is -3.05. The van der Waals surface area contributed by atoms with E-state index in [0.717, 1.165) is 0 Å². The van der Waals surface area contributed by atoms with Crippen molar-refractivity contribution in [3.63, 3.8) is 0 Å². The number of rotatable bonds is 6. The molecule has 8 heteroatoms. The summed E-state index contributed by atoms with van der Waals surface area (Å²) in [5, 5.41) is 2.56. The van der Waals surface area contributed by atoms with Gasteiger partial charge in [-0.1, -0.05) is 6.07 Å². The topological polar surface area (TPSA) is 73.6 Å². The first-order valence-corrected chi connectivity index (χ1v) is 5.93. The lowest BCUT2D eigenvalue weighted by Crippen LogP contribution is -2.45. The van der Waals surface area contributed by atoms with Crippen LogP contribution in [0.2, 0.25) is 0 Å². The zero-order valence-corrected chi connectivity index (χ0v) is 12.8. The number of ether oxygens (including phenoxy) is 2. The van der Waals surface area contributed by atoms with Crippen LogP contribution in [0.3, 0.4) is 0 Å². The summed E-state index contributed by atoms with van der Waals surface area (Å²) in [6.45, 7) is 0.603. The minimum absolute atomic E-state index is 0. The molecule has 1 rings (SSSR count). The van der Waals surface area contributed by atoms with Crippen LogP contribution in [0.15, 0.2) is 18.2 Å². The van der Waals surface area contributed by atoms with Gasteiger partial charge in [-0.05, 0) is 26.0 Å². The van der Waals surface area contributed by atoms with E-state index in [0.29, 0.717) is 0 Å². The molecule has 0 fully saturated rings. The van der Waals surface area contributed by atoms with Crippen molar-refractivity contribution in [2.24, 2.45) is 5.73 Å². The number of benzene rings is 1. The molecule has 0 saturated heterocycles. The molecule has 0 spiro atoms. The Hall–Kier alpha value is -1.60. The summed E-state index contributed by atoms with van der Waals surface area (Å²) in [7, 11) is 1.30. The van der Waals surface area contributed by atoms with E-state index in [-0.39, 0.29) is 36.0 Å². The van der Waals surface area contributed by atoms with E-state index in [2.05, 4.69) is 10.1 Å². The maximum absolute atomic E-state index is 12.4. The molecule has 5 nitrogen and oxygen atoms in total. The van der Waals surface area contributed by atoms with Crippen LogP contribution >= 0.6 is 12.4 Å². The van der Waals surface area contributed by atoms with Gasteiger partial charge in [-0.15, -0.1) is 12.4 Å². The molecule has 0 aliphatic heterocycles. The number of amides is 1. The number of nitrogens with one attached hydrogen (secondary N) is 1. The molecular formula is C13H19ClF2N2O3. The normalized spacial score (nSPS) is 10.8. The van der Waals surface area contributed by atoms with E-state index < -0.39 is 18.1 Å². The molecule has 0 heterocycles. The van der Waals surface area contributed by atoms with Gasteiger partial charge in [0.05, 0.1) is 12.7 Å². The molecule has 1 aromatic rings. The summed E-state index contributed by atoms with van der Waals surface area (Å²) in [6, 6.07) is 4.32. The Balaban J connectivity index is 0.00000400. The van der Waals surface area contributed by atoms with Crippen molar-refractivity contribution in [3.8, 4) is 11.5 Å². The van der Waals surface area contributed by atoms with Gasteiger partial charge in [-0.2, -0.15) is 8.78 Å². The Labute approximate surface area is 128 Å². The number of hydrogen-bond donors (Lipinski definition) is 2. The van der Waals surface area contributed by atoms with E-state index in [4.69, 9.17) is 10.5 Å². The van der Waals surface area contributed by atoms with E-state index in [9.17, 15) is 13.6 Å². The number of halogens is 3. The Kier molecular flexibility index (Phi) is 7.38. The van der Waals surface area contributed by atoms with Gasteiger partial charge in [0.15, 0.2) is 11.5 Å². The van der Waals surface area contributed by atoms with Crippen molar-refractivity contribution in [1.29, 1.82) is 0 Å². The van der Waals surface area contributed by atoms with Crippen LogP contribution in [0.25, 0.3) is 0 Å². The predicted octanol–water partition coefficient (Wildman–Crippen LogP) is 2.19. The van der Waals surface area contributed by atoms with Gasteiger partial charge in [-0.3, -0.25) is 4.79 Å². The lowest BCUT2D eigenvalue weighted by atomic mass is 10.1. The zero-order valence-electron chi connectivity index (χ0n) is 12.0. The highest BCUT2D eigenvalue weighted by atomic mass is 35.5. The highest BCUT2D eigenvalue weighted by molar-refractivity contribution is 5.97. The fourth-order valence-electron chi connectivity index (χ4n) is 1.47. The van der Waals surface area contributed by atoms with Gasteiger partial charge in [0.25, 0.3) is 5.91 Å². The van der Waals surface area contributed by atoms with Crippen LogP contribution in [0.1, 0.15) is 24.2 Å². The highest BCUT2D eigenvalue weighted by Crippen LogP contribution is 2.32. The number of carbonyl (C=O) groups is 1. The largest absolute Gasteiger partial charge is 0.493 e. The lowest BCUT2D eigenvalue weighted by Gasteiger charge is -2.20. The first-order valence-electron chi connectivity index (χ1n) is 5.93. The van der Waals surface area contributed by atoms with E-state index >= 15 is 0 Å². The van der Waals surface area contributed by atoms with Gasteiger partial charge in [0, 0.05) is 12.1 Å². The van der Waals surface area contributed by atoms with E-state index in [1.807, 2.05) is 0 Å². The number of para-hydroxylation sites is 1. The van der Waals surface area contributed by atoms with Crippen LogP contribution in [0, 0.1) is 0 Å². The monoisotopic (exact) mass is 324 g/mol. The Morgan fingerprint density at radius 1 is 1.43 bits per heavy atom. The molecule has 0 radical (unpaired) electrons. The predicted molar refractivity (Wildman–Crippen MR) is 77.5 cm³/mol. The van der Waals surface area contributed by atoms with Crippen LogP contribution in [-0.2, 0) is 0 Å². The molecule has 3 N–H and O–H groups in total. The summed E-state index contributed by atoms with van der Waals surface area (Å²) in [5.41, 5.74) is 5.10. The average Bonchev–Trinajstić information content (AvgIpc) is 2.34. The summed E-state index contributed by atoms with van der Waals surface area (Å²) < 4.78 is 34.1. The van der Waals surface area contributed by atoms with Crippen molar-refractivity contribution >= 4 is 18.3 Å².